The monoisotopic (exact) mass is 528 g/mol. The highest BCUT2D eigenvalue weighted by Gasteiger charge is 2.12. The summed E-state index contributed by atoms with van der Waals surface area (Å²) >= 11 is 0. The summed E-state index contributed by atoms with van der Waals surface area (Å²) in [5.74, 6) is 27.1. The van der Waals surface area contributed by atoms with E-state index in [0.717, 1.165) is 55.3 Å². The lowest BCUT2D eigenvalue weighted by Crippen LogP contribution is -1.93. The van der Waals surface area contributed by atoms with Crippen molar-refractivity contribution in [1.29, 1.82) is 0 Å². The molecule has 0 aliphatic carbocycles. The highest BCUT2D eigenvalue weighted by molar-refractivity contribution is 6.01. The lowest BCUT2D eigenvalue weighted by atomic mass is 9.91. The second-order valence-electron chi connectivity index (χ2n) is 9.54. The maximum absolute atomic E-state index is 3.43. The van der Waals surface area contributed by atoms with Crippen molar-refractivity contribution in [3.63, 3.8) is 0 Å². The highest BCUT2D eigenvalue weighted by Crippen LogP contribution is 2.29. The van der Waals surface area contributed by atoms with Gasteiger partial charge in [-0.25, -0.2) is 0 Å². The fraction of sp³-hybridized carbons (Fsp3) is 0. The van der Waals surface area contributed by atoms with E-state index < -0.39 is 0 Å². The highest BCUT2D eigenvalue weighted by atomic mass is 14.1. The number of benzene rings is 6. The minimum absolute atomic E-state index is 0.889. The van der Waals surface area contributed by atoms with Gasteiger partial charge >= 0.3 is 0 Å². The second-order valence-corrected chi connectivity index (χ2v) is 9.54. The predicted molar refractivity (Wildman–Crippen MR) is 174 cm³/mol. The van der Waals surface area contributed by atoms with Gasteiger partial charge in [0.2, 0.25) is 0 Å². The molecule has 0 amide bonds. The minimum atomic E-state index is 0.889. The van der Waals surface area contributed by atoms with Gasteiger partial charge in [0.1, 0.15) is 0 Å². The zero-order valence-corrected chi connectivity index (χ0v) is 22.9. The van der Waals surface area contributed by atoms with Crippen molar-refractivity contribution in [3.05, 3.63) is 190 Å². The van der Waals surface area contributed by atoms with Crippen LogP contribution >= 0.6 is 0 Å². The molecule has 0 saturated carbocycles. The molecule has 192 valence electrons. The summed E-state index contributed by atoms with van der Waals surface area (Å²) in [6.07, 6.45) is 0. The van der Waals surface area contributed by atoms with E-state index in [1.54, 1.807) is 0 Å². The molecule has 0 saturated heterocycles. The lowest BCUT2D eigenvalue weighted by molar-refractivity contribution is 1.59. The summed E-state index contributed by atoms with van der Waals surface area (Å²) in [5.41, 5.74) is 7.37. The molecule has 0 unspecified atom stereocenters. The summed E-state index contributed by atoms with van der Waals surface area (Å²) in [5, 5.41) is 1.92. The van der Waals surface area contributed by atoms with Crippen molar-refractivity contribution in [2.24, 2.45) is 0 Å². The maximum Gasteiger partial charge on any atom is 0.0341 e. The van der Waals surface area contributed by atoms with Crippen LogP contribution in [0.5, 0.6) is 0 Å². The summed E-state index contributed by atoms with van der Waals surface area (Å²) in [4.78, 5) is 0. The van der Waals surface area contributed by atoms with Gasteiger partial charge in [-0.2, -0.15) is 0 Å². The fourth-order valence-electron chi connectivity index (χ4n) is 4.56. The number of rotatable bonds is 0. The van der Waals surface area contributed by atoms with Crippen LogP contribution in [0.3, 0.4) is 0 Å². The van der Waals surface area contributed by atoms with Gasteiger partial charge in [0.25, 0.3) is 0 Å². The topological polar surface area (TPSA) is 0 Å². The first-order valence-corrected chi connectivity index (χ1v) is 13.7. The van der Waals surface area contributed by atoms with Crippen LogP contribution in [0.4, 0.5) is 0 Å². The molecule has 0 radical (unpaired) electrons. The summed E-state index contributed by atoms with van der Waals surface area (Å²) in [7, 11) is 0. The maximum atomic E-state index is 3.43. The first-order chi connectivity index (χ1) is 20.8. The van der Waals surface area contributed by atoms with Gasteiger partial charge in [0.15, 0.2) is 0 Å². The largest absolute Gasteiger partial charge is 0.0622 e. The van der Waals surface area contributed by atoms with Crippen LogP contribution < -0.4 is 0 Å². The molecule has 0 spiro atoms. The molecule has 0 heterocycles. The van der Waals surface area contributed by atoms with Crippen molar-refractivity contribution in [1.82, 2.24) is 0 Å². The zero-order chi connectivity index (χ0) is 28.4. The van der Waals surface area contributed by atoms with E-state index in [9.17, 15) is 0 Å². The van der Waals surface area contributed by atoms with Crippen molar-refractivity contribution in [2.45, 2.75) is 0 Å². The molecule has 6 aromatic rings. The fourth-order valence-corrected chi connectivity index (χ4v) is 4.56. The Balaban J connectivity index is 1.62. The molecule has 0 nitrogen and oxygen atoms in total. The molecule has 0 N–H and O–H groups in total. The van der Waals surface area contributed by atoms with Crippen LogP contribution in [0.2, 0.25) is 0 Å². The molecule has 0 fully saturated rings. The van der Waals surface area contributed by atoms with Crippen LogP contribution in [0, 0.1) is 47.4 Å². The number of hydrogen-bond acceptors (Lipinski definition) is 0. The van der Waals surface area contributed by atoms with Gasteiger partial charge in [0.05, 0.1) is 0 Å². The molecule has 0 aliphatic rings. The first kappa shape index (κ1) is 26.1. The van der Waals surface area contributed by atoms with Crippen molar-refractivity contribution in [2.75, 3.05) is 0 Å². The molecule has 0 aromatic heterocycles. The summed E-state index contributed by atoms with van der Waals surface area (Å²) in [6.45, 7) is 0. The average molecular weight is 529 g/mol. The summed E-state index contributed by atoms with van der Waals surface area (Å²) < 4.78 is 0. The van der Waals surface area contributed by atoms with Gasteiger partial charge in [-0.15, -0.1) is 0 Å². The van der Waals surface area contributed by atoms with E-state index in [-0.39, 0.29) is 0 Å². The molecule has 0 aliphatic heterocycles. The second kappa shape index (κ2) is 12.8. The van der Waals surface area contributed by atoms with Gasteiger partial charge in [-0.1, -0.05) is 120 Å². The Morgan fingerprint density at radius 3 is 0.643 bits per heavy atom. The van der Waals surface area contributed by atoms with Crippen LogP contribution in [0.1, 0.15) is 44.5 Å². The zero-order valence-electron chi connectivity index (χ0n) is 22.9. The van der Waals surface area contributed by atoms with E-state index in [0.29, 0.717) is 0 Å². The molecule has 0 atom stereocenters. The Labute approximate surface area is 247 Å². The molecule has 0 heteroatoms. The van der Waals surface area contributed by atoms with E-state index in [1.165, 1.54) is 0 Å². The number of hydrogen-bond donors (Lipinski definition) is 0. The Kier molecular flexibility index (Phi) is 7.93. The number of fused-ring (bicyclic) bond motifs is 1. The van der Waals surface area contributed by atoms with Gasteiger partial charge in [0, 0.05) is 55.3 Å². The van der Waals surface area contributed by atoms with Crippen molar-refractivity contribution >= 4 is 10.8 Å². The van der Waals surface area contributed by atoms with Gasteiger partial charge < -0.3 is 0 Å². The smallest absolute Gasteiger partial charge is 0.0341 e. The molecule has 6 rings (SSSR count). The Bertz CT molecular complexity index is 1800. The third-order valence-corrected chi connectivity index (χ3v) is 6.62. The third-order valence-electron chi connectivity index (χ3n) is 6.62. The quantitative estimate of drug-likeness (QED) is 0.174. The van der Waals surface area contributed by atoms with Crippen LogP contribution in [-0.4, -0.2) is 0 Å². The first-order valence-electron chi connectivity index (χ1n) is 13.7. The Hall–Kier alpha value is -6.18. The molecule has 6 aromatic carbocycles. The Morgan fingerprint density at radius 1 is 0.214 bits per heavy atom. The average Bonchev–Trinajstić information content (AvgIpc) is 3.06. The third kappa shape index (κ3) is 6.34. The van der Waals surface area contributed by atoms with E-state index in [4.69, 9.17) is 0 Å². The standard InChI is InChI=1S/C42H24/c1-5-13-33(14-6-1)21-25-37-29-30-39(27-23-35-17-9-3-10-18-35)42-40(28-24-36-19-11-4-12-20-36)32-31-38(41(37)42)26-22-34-15-7-2-8-16-34/h1-20,29-32H. The summed E-state index contributed by atoms with van der Waals surface area (Å²) in [6, 6.07) is 48.3. The van der Waals surface area contributed by atoms with E-state index >= 15 is 0 Å². The van der Waals surface area contributed by atoms with E-state index in [2.05, 4.69) is 71.6 Å². The van der Waals surface area contributed by atoms with Crippen LogP contribution in [-0.2, 0) is 0 Å². The normalized spacial score (nSPS) is 9.62. The Morgan fingerprint density at radius 2 is 0.429 bits per heavy atom. The van der Waals surface area contributed by atoms with E-state index in [1.807, 2.05) is 121 Å². The van der Waals surface area contributed by atoms with Gasteiger partial charge in [-0.3, -0.25) is 0 Å². The van der Waals surface area contributed by atoms with Gasteiger partial charge in [-0.05, 0) is 72.8 Å². The molecular weight excluding hydrogens is 504 g/mol. The lowest BCUT2D eigenvalue weighted by Gasteiger charge is -2.10. The molecule has 42 heavy (non-hydrogen) atoms. The van der Waals surface area contributed by atoms with Crippen molar-refractivity contribution in [3.8, 4) is 47.4 Å². The van der Waals surface area contributed by atoms with Crippen LogP contribution in [0.25, 0.3) is 10.8 Å². The molecular formula is C42H24. The molecule has 0 bridgehead atoms. The SMILES string of the molecule is C(#Cc1ccc(C#Cc2ccccc2)c2c(C#Cc3ccccc3)ccc(C#Cc3ccccc3)c12)c1ccccc1. The van der Waals surface area contributed by atoms with Crippen molar-refractivity contribution < 1.29 is 0 Å². The minimum Gasteiger partial charge on any atom is -0.0622 e. The predicted octanol–water partition coefficient (Wildman–Crippen LogP) is 8.44. The van der Waals surface area contributed by atoms with Crippen LogP contribution in [0.15, 0.2) is 146 Å².